The lowest BCUT2D eigenvalue weighted by molar-refractivity contribution is -0.126. The number of oxazole rings is 1. The van der Waals surface area contributed by atoms with Crippen molar-refractivity contribution in [3.63, 3.8) is 0 Å². The molecule has 6 heteroatoms. The summed E-state index contributed by atoms with van der Waals surface area (Å²) in [7, 11) is 0. The van der Waals surface area contributed by atoms with Crippen LogP contribution in [0, 0.1) is 12.8 Å². The third kappa shape index (κ3) is 4.52. The Morgan fingerprint density at radius 1 is 1.50 bits per heavy atom. The summed E-state index contributed by atoms with van der Waals surface area (Å²) in [5.74, 6) is 0.0525. The third-order valence-corrected chi connectivity index (χ3v) is 3.19. The summed E-state index contributed by atoms with van der Waals surface area (Å²) < 4.78 is 5.12. The SMILES string of the molecule is CC(=O)C(NC(=O)CSc1nc(C)co1)C(C)C. The van der Waals surface area contributed by atoms with Crippen LogP contribution in [-0.2, 0) is 9.59 Å². The monoisotopic (exact) mass is 270 g/mol. The van der Waals surface area contributed by atoms with Gasteiger partial charge in [0.25, 0.3) is 5.22 Å². The lowest BCUT2D eigenvalue weighted by atomic mass is 10.0. The number of carbonyl (C=O) groups is 2. The minimum absolute atomic E-state index is 0.0321. The van der Waals surface area contributed by atoms with Crippen LogP contribution in [0.5, 0.6) is 0 Å². The van der Waals surface area contributed by atoms with Crippen LogP contribution in [0.2, 0.25) is 0 Å². The predicted octanol–water partition coefficient (Wildman–Crippen LogP) is 1.80. The second-order valence-corrected chi connectivity index (χ2v) is 5.37. The van der Waals surface area contributed by atoms with Crippen LogP contribution in [0.15, 0.2) is 15.9 Å². The molecule has 0 bridgehead atoms. The molecule has 0 saturated heterocycles. The smallest absolute Gasteiger partial charge is 0.256 e. The zero-order valence-electron chi connectivity index (χ0n) is 11.0. The maximum atomic E-state index is 11.7. The number of Topliss-reactive ketones (excluding diaryl/α,β-unsaturated/α-hetero) is 1. The van der Waals surface area contributed by atoms with E-state index in [1.54, 1.807) is 0 Å². The van der Waals surface area contributed by atoms with Crippen LogP contribution in [-0.4, -0.2) is 28.5 Å². The Hall–Kier alpha value is -1.30. The van der Waals surface area contributed by atoms with Crippen molar-refractivity contribution in [1.29, 1.82) is 0 Å². The van der Waals surface area contributed by atoms with Gasteiger partial charge in [-0.1, -0.05) is 25.6 Å². The van der Waals surface area contributed by atoms with Crippen molar-refractivity contribution < 1.29 is 14.0 Å². The van der Waals surface area contributed by atoms with Crippen LogP contribution in [0.1, 0.15) is 26.5 Å². The molecule has 0 aliphatic rings. The first-order chi connectivity index (χ1) is 8.40. The summed E-state index contributed by atoms with van der Waals surface area (Å²) in [5, 5.41) is 3.18. The first-order valence-corrected chi connectivity index (χ1v) is 6.73. The number of carbonyl (C=O) groups excluding carboxylic acids is 2. The Kier molecular flexibility index (Phi) is 5.40. The molecule has 18 heavy (non-hydrogen) atoms. The zero-order valence-corrected chi connectivity index (χ0v) is 11.8. The molecule has 1 aromatic rings. The topological polar surface area (TPSA) is 72.2 Å². The van der Waals surface area contributed by atoms with E-state index in [1.165, 1.54) is 24.9 Å². The number of nitrogens with zero attached hydrogens (tertiary/aromatic N) is 1. The van der Waals surface area contributed by atoms with E-state index < -0.39 is 6.04 Å². The largest absolute Gasteiger partial charge is 0.440 e. The minimum atomic E-state index is -0.426. The number of aryl methyl sites for hydroxylation is 1. The molecule has 0 aromatic carbocycles. The molecule has 1 aromatic heterocycles. The van der Waals surface area contributed by atoms with Crippen molar-refractivity contribution in [2.75, 3.05) is 5.75 Å². The molecule has 1 heterocycles. The summed E-state index contributed by atoms with van der Waals surface area (Å²) in [5.41, 5.74) is 0.779. The van der Waals surface area contributed by atoms with Gasteiger partial charge in [-0.3, -0.25) is 9.59 Å². The number of aromatic nitrogens is 1. The summed E-state index contributed by atoms with van der Waals surface area (Å²) in [6, 6.07) is -0.426. The predicted molar refractivity (Wildman–Crippen MR) is 69.4 cm³/mol. The Balaban J connectivity index is 2.43. The van der Waals surface area contributed by atoms with Crippen LogP contribution >= 0.6 is 11.8 Å². The fourth-order valence-electron chi connectivity index (χ4n) is 1.48. The summed E-state index contributed by atoms with van der Waals surface area (Å²) in [4.78, 5) is 27.1. The summed E-state index contributed by atoms with van der Waals surface area (Å²) in [6.45, 7) is 7.10. The summed E-state index contributed by atoms with van der Waals surface area (Å²) in [6.07, 6.45) is 1.53. The molecule has 0 saturated carbocycles. The van der Waals surface area contributed by atoms with E-state index in [0.717, 1.165) is 5.69 Å². The molecule has 0 radical (unpaired) electrons. The maximum absolute atomic E-state index is 11.7. The molecule has 0 spiro atoms. The van der Waals surface area contributed by atoms with Gasteiger partial charge in [-0.2, -0.15) is 0 Å². The van der Waals surface area contributed by atoms with Gasteiger partial charge in [0, 0.05) is 0 Å². The molecule has 0 aliphatic heterocycles. The number of thioether (sulfide) groups is 1. The quantitative estimate of drug-likeness (QED) is 0.798. The molecule has 100 valence electrons. The number of hydrogen-bond donors (Lipinski definition) is 1. The number of nitrogens with one attached hydrogen (secondary N) is 1. The highest BCUT2D eigenvalue weighted by Crippen LogP contribution is 2.16. The van der Waals surface area contributed by atoms with Gasteiger partial charge in [-0.15, -0.1) is 0 Å². The Morgan fingerprint density at radius 3 is 2.61 bits per heavy atom. The Labute approximate surface area is 111 Å². The minimum Gasteiger partial charge on any atom is -0.440 e. The molecule has 1 rings (SSSR count). The number of rotatable bonds is 6. The lowest BCUT2D eigenvalue weighted by Gasteiger charge is -2.19. The number of ketones is 1. The fourth-order valence-corrected chi connectivity index (χ4v) is 2.14. The fraction of sp³-hybridized carbons (Fsp3) is 0.583. The van der Waals surface area contributed by atoms with E-state index in [2.05, 4.69) is 10.3 Å². The van der Waals surface area contributed by atoms with Gasteiger partial charge < -0.3 is 9.73 Å². The number of hydrogen-bond acceptors (Lipinski definition) is 5. The van der Waals surface area contributed by atoms with Crippen molar-refractivity contribution in [3.8, 4) is 0 Å². The molecule has 0 fully saturated rings. The van der Waals surface area contributed by atoms with Crippen molar-refractivity contribution >= 4 is 23.5 Å². The average Bonchev–Trinajstić information content (AvgIpc) is 2.68. The van der Waals surface area contributed by atoms with Crippen molar-refractivity contribution in [2.24, 2.45) is 5.92 Å². The van der Waals surface area contributed by atoms with Crippen LogP contribution in [0.3, 0.4) is 0 Å². The van der Waals surface area contributed by atoms with Gasteiger partial charge in [0.05, 0.1) is 17.5 Å². The van der Waals surface area contributed by atoms with Gasteiger partial charge in [0.15, 0.2) is 5.78 Å². The van der Waals surface area contributed by atoms with Gasteiger partial charge in [-0.05, 0) is 19.8 Å². The average molecular weight is 270 g/mol. The molecule has 1 atom stereocenters. The third-order valence-electron chi connectivity index (χ3n) is 2.35. The van der Waals surface area contributed by atoms with Crippen LogP contribution < -0.4 is 5.32 Å². The molecule has 1 unspecified atom stereocenters. The molecular formula is C12H18N2O3S. The van der Waals surface area contributed by atoms with Crippen molar-refractivity contribution in [1.82, 2.24) is 10.3 Å². The van der Waals surface area contributed by atoms with Crippen molar-refractivity contribution in [3.05, 3.63) is 12.0 Å². The lowest BCUT2D eigenvalue weighted by Crippen LogP contribution is -2.44. The highest BCUT2D eigenvalue weighted by Gasteiger charge is 2.20. The highest BCUT2D eigenvalue weighted by atomic mass is 32.2. The van der Waals surface area contributed by atoms with Gasteiger partial charge in [-0.25, -0.2) is 4.98 Å². The highest BCUT2D eigenvalue weighted by molar-refractivity contribution is 7.99. The zero-order chi connectivity index (χ0) is 13.7. The van der Waals surface area contributed by atoms with Crippen LogP contribution in [0.25, 0.3) is 0 Å². The standard InChI is InChI=1S/C12H18N2O3S/c1-7(2)11(9(4)15)14-10(16)6-18-12-13-8(3)5-17-12/h5,7,11H,6H2,1-4H3,(H,14,16). The van der Waals surface area contributed by atoms with E-state index in [-0.39, 0.29) is 23.4 Å². The summed E-state index contributed by atoms with van der Waals surface area (Å²) >= 11 is 1.21. The van der Waals surface area contributed by atoms with Gasteiger partial charge in [0.1, 0.15) is 6.26 Å². The second kappa shape index (κ2) is 6.58. The second-order valence-electron chi connectivity index (χ2n) is 4.44. The molecule has 0 aliphatic carbocycles. The molecular weight excluding hydrogens is 252 g/mol. The first kappa shape index (κ1) is 14.8. The number of amides is 1. The molecule has 1 amide bonds. The molecule has 5 nitrogen and oxygen atoms in total. The van der Waals surface area contributed by atoms with E-state index >= 15 is 0 Å². The Bertz CT molecular complexity index is 429. The van der Waals surface area contributed by atoms with E-state index in [0.29, 0.717) is 5.22 Å². The van der Waals surface area contributed by atoms with Crippen LogP contribution in [0.4, 0.5) is 0 Å². The van der Waals surface area contributed by atoms with E-state index in [9.17, 15) is 9.59 Å². The van der Waals surface area contributed by atoms with Gasteiger partial charge in [0.2, 0.25) is 5.91 Å². The van der Waals surface area contributed by atoms with Gasteiger partial charge >= 0.3 is 0 Å². The van der Waals surface area contributed by atoms with E-state index in [4.69, 9.17) is 4.42 Å². The maximum Gasteiger partial charge on any atom is 0.256 e. The normalized spacial score (nSPS) is 12.5. The first-order valence-electron chi connectivity index (χ1n) is 5.75. The van der Waals surface area contributed by atoms with Crippen molar-refractivity contribution in [2.45, 2.75) is 39.0 Å². The molecule has 1 N–H and O–H groups in total. The Morgan fingerprint density at radius 2 is 2.17 bits per heavy atom. The van der Waals surface area contributed by atoms with E-state index in [1.807, 2.05) is 20.8 Å².